The number of rotatable bonds is 4. The van der Waals surface area contributed by atoms with Gasteiger partial charge in [-0.3, -0.25) is 0 Å². The minimum absolute atomic E-state index is 0.0184. The lowest BCUT2D eigenvalue weighted by Crippen LogP contribution is -2.35. The molecular formula is C14H17NO4. The van der Waals surface area contributed by atoms with Crippen LogP contribution >= 0.6 is 0 Å². The van der Waals surface area contributed by atoms with E-state index < -0.39 is 6.16 Å². The lowest BCUT2D eigenvalue weighted by atomic mass is 9.94. The summed E-state index contributed by atoms with van der Waals surface area (Å²) in [4.78, 5) is 3.92. The van der Waals surface area contributed by atoms with Gasteiger partial charge in [0.1, 0.15) is 0 Å². The normalized spacial score (nSPS) is 13.5. The molecule has 1 atom stereocenters. The third-order valence-corrected chi connectivity index (χ3v) is 3.18. The smallest absolute Gasteiger partial charge is 0.398 e. The molecule has 0 aliphatic carbocycles. The summed E-state index contributed by atoms with van der Waals surface area (Å²) in [6, 6.07) is 7.48. The zero-order valence-electron chi connectivity index (χ0n) is 10.9. The Kier molecular flexibility index (Phi) is 3.71. The van der Waals surface area contributed by atoms with Crippen LogP contribution in [0.3, 0.4) is 0 Å². The molecule has 1 aromatic heterocycles. The van der Waals surface area contributed by atoms with E-state index in [4.69, 9.17) is 15.3 Å². The third-order valence-electron chi connectivity index (χ3n) is 3.18. The molecule has 0 saturated carbocycles. The van der Waals surface area contributed by atoms with Gasteiger partial charge in [0.25, 0.3) is 0 Å². The highest BCUT2D eigenvalue weighted by atomic mass is 16.9. The van der Waals surface area contributed by atoms with Crippen LogP contribution in [0.5, 0.6) is 5.88 Å². The predicted molar refractivity (Wildman–Crippen MR) is 70.5 cm³/mol. The molecule has 2 aromatic rings. The van der Waals surface area contributed by atoms with Gasteiger partial charge < -0.3 is 20.1 Å². The number of aromatic nitrogens is 1. The number of ether oxygens (including phenoxy) is 1. The summed E-state index contributed by atoms with van der Waals surface area (Å²) in [5, 5.41) is 28.3. The van der Waals surface area contributed by atoms with Crippen molar-refractivity contribution in [3.8, 4) is 5.88 Å². The molecule has 0 spiro atoms. The Bertz CT molecular complexity index is 577. The molecule has 0 saturated heterocycles. The molecule has 102 valence electrons. The Labute approximate surface area is 111 Å². The van der Waals surface area contributed by atoms with Gasteiger partial charge in [-0.25, -0.2) is 4.98 Å². The summed E-state index contributed by atoms with van der Waals surface area (Å²) in [6.07, 6.45) is -0.732. The number of aliphatic hydroxyl groups is 3. The van der Waals surface area contributed by atoms with E-state index >= 15 is 0 Å². The number of nitrogens with zero attached hydrogens (tertiary/aromatic N) is 1. The Hall–Kier alpha value is -1.69. The Balaban J connectivity index is 2.57. The van der Waals surface area contributed by atoms with Gasteiger partial charge >= 0.3 is 6.16 Å². The molecule has 2 rings (SSSR count). The molecule has 0 fully saturated rings. The molecule has 0 radical (unpaired) electrons. The highest BCUT2D eigenvalue weighted by Crippen LogP contribution is 2.31. The van der Waals surface area contributed by atoms with Gasteiger partial charge in [0.2, 0.25) is 5.88 Å². The number of benzene rings is 1. The standard InChI is InChI=1S/C14H17NO4/c1-3-9(2)10-5-4-6-12-11(10)7-8-15-13(12)19-14(16,17)18/h4-9,16-18H,3H2,1-2H3. The zero-order chi connectivity index (χ0) is 14.0. The fraction of sp³-hybridized carbons (Fsp3) is 0.357. The number of hydrogen-bond donors (Lipinski definition) is 3. The quantitative estimate of drug-likeness (QED) is 0.731. The first-order valence-electron chi connectivity index (χ1n) is 6.16. The van der Waals surface area contributed by atoms with Crippen LogP contribution in [-0.2, 0) is 0 Å². The fourth-order valence-electron chi connectivity index (χ4n) is 2.07. The van der Waals surface area contributed by atoms with Crippen molar-refractivity contribution in [3.05, 3.63) is 36.0 Å². The minimum Gasteiger partial charge on any atom is -0.398 e. The first kappa shape index (κ1) is 13.7. The predicted octanol–water partition coefficient (Wildman–Crippen LogP) is 1.72. The van der Waals surface area contributed by atoms with Gasteiger partial charge in [-0.15, -0.1) is 0 Å². The molecule has 0 aliphatic rings. The maximum absolute atomic E-state index is 8.90. The van der Waals surface area contributed by atoms with E-state index in [2.05, 4.69) is 23.6 Å². The zero-order valence-corrected chi connectivity index (χ0v) is 10.9. The maximum Gasteiger partial charge on any atom is 0.454 e. The average molecular weight is 263 g/mol. The second kappa shape index (κ2) is 5.13. The summed E-state index contributed by atoms with van der Waals surface area (Å²) in [6.45, 7) is 4.21. The van der Waals surface area contributed by atoms with Crippen molar-refractivity contribution in [3.63, 3.8) is 0 Å². The van der Waals surface area contributed by atoms with E-state index in [9.17, 15) is 0 Å². The third kappa shape index (κ3) is 3.01. The van der Waals surface area contributed by atoms with E-state index in [1.165, 1.54) is 6.20 Å². The van der Waals surface area contributed by atoms with Crippen LogP contribution in [0.2, 0.25) is 0 Å². The summed E-state index contributed by atoms with van der Waals surface area (Å²) >= 11 is 0. The summed E-state index contributed by atoms with van der Waals surface area (Å²) in [5.41, 5.74) is 1.13. The van der Waals surface area contributed by atoms with Crippen molar-refractivity contribution < 1.29 is 20.1 Å². The van der Waals surface area contributed by atoms with Crippen LogP contribution in [0.4, 0.5) is 0 Å². The molecule has 0 aliphatic heterocycles. The highest BCUT2D eigenvalue weighted by Gasteiger charge is 2.23. The second-order valence-corrected chi connectivity index (χ2v) is 4.54. The largest absolute Gasteiger partial charge is 0.454 e. The van der Waals surface area contributed by atoms with E-state index in [0.717, 1.165) is 17.4 Å². The lowest BCUT2D eigenvalue weighted by molar-refractivity contribution is -0.420. The fourth-order valence-corrected chi connectivity index (χ4v) is 2.07. The molecule has 1 heterocycles. The number of pyridine rings is 1. The van der Waals surface area contributed by atoms with Gasteiger partial charge in [-0.1, -0.05) is 26.0 Å². The molecule has 0 bridgehead atoms. The summed E-state index contributed by atoms with van der Waals surface area (Å²) < 4.78 is 4.64. The molecular weight excluding hydrogens is 246 g/mol. The van der Waals surface area contributed by atoms with Gasteiger partial charge in [0.05, 0.1) is 0 Å². The van der Waals surface area contributed by atoms with Crippen molar-refractivity contribution in [2.45, 2.75) is 32.3 Å². The van der Waals surface area contributed by atoms with E-state index in [1.54, 1.807) is 6.07 Å². The van der Waals surface area contributed by atoms with Crippen LogP contribution in [0.15, 0.2) is 30.5 Å². The Morgan fingerprint density at radius 3 is 2.58 bits per heavy atom. The Morgan fingerprint density at radius 2 is 1.95 bits per heavy atom. The SMILES string of the molecule is CCC(C)c1cccc2c(OC(O)(O)O)nccc12. The molecule has 1 aromatic carbocycles. The number of fused-ring (bicyclic) bond motifs is 1. The maximum atomic E-state index is 8.90. The molecule has 5 heteroatoms. The summed E-state index contributed by atoms with van der Waals surface area (Å²) in [7, 11) is 0. The molecule has 19 heavy (non-hydrogen) atoms. The highest BCUT2D eigenvalue weighted by molar-refractivity contribution is 5.89. The van der Waals surface area contributed by atoms with Crippen LogP contribution in [0.1, 0.15) is 31.7 Å². The van der Waals surface area contributed by atoms with E-state index in [0.29, 0.717) is 11.3 Å². The lowest BCUT2D eigenvalue weighted by Gasteiger charge is -2.17. The van der Waals surface area contributed by atoms with E-state index in [-0.39, 0.29) is 5.88 Å². The molecule has 0 amide bonds. The number of hydrogen-bond acceptors (Lipinski definition) is 5. The van der Waals surface area contributed by atoms with Crippen molar-refractivity contribution in [1.82, 2.24) is 4.98 Å². The van der Waals surface area contributed by atoms with Gasteiger partial charge in [0, 0.05) is 11.6 Å². The van der Waals surface area contributed by atoms with Crippen LogP contribution < -0.4 is 4.74 Å². The molecule has 5 nitrogen and oxygen atoms in total. The van der Waals surface area contributed by atoms with Gasteiger partial charge in [-0.2, -0.15) is 0 Å². The monoisotopic (exact) mass is 263 g/mol. The van der Waals surface area contributed by atoms with Crippen LogP contribution in [0, 0.1) is 0 Å². The van der Waals surface area contributed by atoms with Gasteiger partial charge in [-0.05, 0) is 35.4 Å². The molecule has 3 N–H and O–H groups in total. The van der Waals surface area contributed by atoms with Crippen molar-refractivity contribution in [2.24, 2.45) is 0 Å². The molecule has 1 unspecified atom stereocenters. The minimum atomic E-state index is -3.23. The van der Waals surface area contributed by atoms with Crippen molar-refractivity contribution in [2.75, 3.05) is 0 Å². The van der Waals surface area contributed by atoms with Gasteiger partial charge in [0.15, 0.2) is 0 Å². The first-order chi connectivity index (χ1) is 8.92. The summed E-state index contributed by atoms with van der Waals surface area (Å²) in [5.74, 6) is 0.344. The van der Waals surface area contributed by atoms with E-state index in [1.807, 2.05) is 18.2 Å². The van der Waals surface area contributed by atoms with Crippen LogP contribution in [0.25, 0.3) is 10.8 Å². The van der Waals surface area contributed by atoms with Crippen LogP contribution in [-0.4, -0.2) is 26.5 Å². The first-order valence-corrected chi connectivity index (χ1v) is 6.16. The average Bonchev–Trinajstić information content (AvgIpc) is 2.36. The topological polar surface area (TPSA) is 82.8 Å². The van der Waals surface area contributed by atoms with Crippen molar-refractivity contribution in [1.29, 1.82) is 0 Å². The Morgan fingerprint density at radius 1 is 1.21 bits per heavy atom. The second-order valence-electron chi connectivity index (χ2n) is 4.54. The van der Waals surface area contributed by atoms with Crippen molar-refractivity contribution >= 4 is 10.8 Å².